The van der Waals surface area contributed by atoms with Gasteiger partial charge in [0.15, 0.2) is 0 Å². The SMILES string of the molecule is CC(COCCC(=O)N1CCN(c2ncc(C(C)(F)F)cn2)CC1)n1cc(C(F)(F)F)c(C(N)=O)c1C=N. The first-order valence-corrected chi connectivity index (χ1v) is 11.7. The zero-order valence-corrected chi connectivity index (χ0v) is 20.8. The molecule has 2 aromatic heterocycles. The normalized spacial score (nSPS) is 15.4. The van der Waals surface area contributed by atoms with Crippen LogP contribution in [0.15, 0.2) is 18.6 Å². The zero-order valence-electron chi connectivity index (χ0n) is 20.8. The van der Waals surface area contributed by atoms with Crippen molar-refractivity contribution in [2.45, 2.75) is 38.4 Å². The minimum Gasteiger partial charge on any atom is -0.379 e. The van der Waals surface area contributed by atoms with Crippen LogP contribution in [0.1, 0.15) is 53.5 Å². The van der Waals surface area contributed by atoms with Gasteiger partial charge < -0.3 is 30.2 Å². The number of anilines is 1. The second-order valence-electron chi connectivity index (χ2n) is 8.92. The molecular weight excluding hydrogens is 517 g/mol. The monoisotopic (exact) mass is 545 g/mol. The largest absolute Gasteiger partial charge is 0.418 e. The van der Waals surface area contributed by atoms with Gasteiger partial charge >= 0.3 is 6.18 Å². The van der Waals surface area contributed by atoms with Gasteiger partial charge in [-0.3, -0.25) is 9.59 Å². The van der Waals surface area contributed by atoms with Gasteiger partial charge in [-0.1, -0.05) is 0 Å². The lowest BCUT2D eigenvalue weighted by molar-refractivity contribution is -0.138. The summed E-state index contributed by atoms with van der Waals surface area (Å²) < 4.78 is 73.3. The lowest BCUT2D eigenvalue weighted by atomic mass is 10.1. The molecule has 3 rings (SSSR count). The van der Waals surface area contributed by atoms with Gasteiger partial charge in [0.25, 0.3) is 11.8 Å². The Balaban J connectivity index is 1.49. The Hall–Kier alpha value is -3.62. The van der Waals surface area contributed by atoms with Crippen LogP contribution in [0.3, 0.4) is 0 Å². The minimum absolute atomic E-state index is 0.00911. The van der Waals surface area contributed by atoms with Crippen molar-refractivity contribution in [1.82, 2.24) is 19.4 Å². The molecule has 1 aliphatic heterocycles. The van der Waals surface area contributed by atoms with Crippen molar-refractivity contribution < 1.29 is 36.3 Å². The smallest absolute Gasteiger partial charge is 0.379 e. The molecule has 1 saturated heterocycles. The van der Waals surface area contributed by atoms with Gasteiger partial charge in [0.2, 0.25) is 11.9 Å². The Morgan fingerprint density at radius 3 is 2.26 bits per heavy atom. The van der Waals surface area contributed by atoms with E-state index in [9.17, 15) is 31.5 Å². The number of aromatic nitrogens is 3. The lowest BCUT2D eigenvalue weighted by Crippen LogP contribution is -2.49. The summed E-state index contributed by atoms with van der Waals surface area (Å²) in [5.74, 6) is -4.22. The van der Waals surface area contributed by atoms with E-state index in [1.165, 1.54) is 0 Å². The number of primary amides is 1. The van der Waals surface area contributed by atoms with Crippen molar-refractivity contribution in [2.24, 2.45) is 5.73 Å². The third-order valence-electron chi connectivity index (χ3n) is 6.11. The number of carbonyl (C=O) groups excluding carboxylic acids is 2. The highest BCUT2D eigenvalue weighted by Crippen LogP contribution is 2.35. The number of rotatable bonds is 10. The molecule has 1 unspecified atom stereocenters. The molecule has 0 aromatic carbocycles. The van der Waals surface area contributed by atoms with E-state index >= 15 is 0 Å². The van der Waals surface area contributed by atoms with Crippen molar-refractivity contribution in [3.63, 3.8) is 0 Å². The van der Waals surface area contributed by atoms with Crippen molar-refractivity contribution >= 4 is 24.0 Å². The number of alkyl halides is 5. The summed E-state index contributed by atoms with van der Waals surface area (Å²) in [6.45, 7) is 3.81. The molecular formula is C23H28F5N7O3. The summed E-state index contributed by atoms with van der Waals surface area (Å²) >= 11 is 0. The Bertz CT molecular complexity index is 1150. The Morgan fingerprint density at radius 1 is 1.16 bits per heavy atom. The molecule has 0 saturated carbocycles. The third kappa shape index (κ3) is 6.62. The second kappa shape index (κ2) is 11.4. The molecule has 2 amide bonds. The number of ether oxygens (including phenoxy) is 1. The molecule has 2 aromatic rings. The number of nitrogens with zero attached hydrogens (tertiary/aromatic N) is 5. The highest BCUT2D eigenvalue weighted by atomic mass is 19.4. The lowest BCUT2D eigenvalue weighted by Gasteiger charge is -2.34. The summed E-state index contributed by atoms with van der Waals surface area (Å²) in [5.41, 5.74) is 2.55. The standard InChI is InChI=1S/C23H28F5N7O3/c1-14(35-12-16(23(26,27)28)19(20(30)37)17(35)9-29)13-38-8-3-18(36)33-4-6-34(7-5-33)21-31-10-15(11-32-21)22(2,24)25/h9-12,14,29H,3-8,13H2,1-2H3,(H2,30,37). The van der Waals surface area contributed by atoms with Crippen LogP contribution in [-0.2, 0) is 21.6 Å². The number of nitrogens with one attached hydrogen (secondary N) is 1. The number of nitrogens with two attached hydrogens (primary N) is 1. The first-order valence-electron chi connectivity index (χ1n) is 11.7. The van der Waals surface area contributed by atoms with Crippen LogP contribution in [0.4, 0.5) is 27.9 Å². The molecule has 0 bridgehead atoms. The molecule has 0 spiro atoms. The molecule has 10 nitrogen and oxygen atoms in total. The molecule has 38 heavy (non-hydrogen) atoms. The van der Waals surface area contributed by atoms with E-state index in [0.717, 1.165) is 30.1 Å². The molecule has 208 valence electrons. The molecule has 15 heteroatoms. The highest BCUT2D eigenvalue weighted by Gasteiger charge is 2.39. The van der Waals surface area contributed by atoms with Crippen molar-refractivity contribution in [3.8, 4) is 0 Å². The van der Waals surface area contributed by atoms with E-state index < -0.39 is 35.2 Å². The second-order valence-corrected chi connectivity index (χ2v) is 8.92. The van der Waals surface area contributed by atoms with Gasteiger partial charge in [-0.2, -0.15) is 13.2 Å². The Morgan fingerprint density at radius 2 is 1.76 bits per heavy atom. The molecule has 1 atom stereocenters. The number of halogens is 5. The average molecular weight is 546 g/mol. The van der Waals surface area contributed by atoms with E-state index in [4.69, 9.17) is 15.9 Å². The maximum absolute atomic E-state index is 13.3. The number of hydrogen-bond acceptors (Lipinski definition) is 7. The van der Waals surface area contributed by atoms with Crippen LogP contribution >= 0.6 is 0 Å². The first kappa shape index (κ1) is 28.9. The zero-order chi connectivity index (χ0) is 28.3. The number of carbonyl (C=O) groups is 2. The summed E-state index contributed by atoms with van der Waals surface area (Å²) in [6, 6.07) is -0.682. The fraction of sp³-hybridized carbons (Fsp3) is 0.522. The van der Waals surface area contributed by atoms with Crippen molar-refractivity contribution in [3.05, 3.63) is 41.0 Å². The number of piperazine rings is 1. The summed E-state index contributed by atoms with van der Waals surface area (Å²) in [5, 5.41) is 7.46. The van der Waals surface area contributed by atoms with Crippen molar-refractivity contribution in [2.75, 3.05) is 44.3 Å². The quantitative estimate of drug-likeness (QED) is 0.268. The van der Waals surface area contributed by atoms with Gasteiger partial charge in [-0.05, 0) is 6.92 Å². The van der Waals surface area contributed by atoms with E-state index in [1.807, 2.05) is 0 Å². The Labute approximate surface area is 215 Å². The number of amides is 2. The third-order valence-corrected chi connectivity index (χ3v) is 6.11. The van der Waals surface area contributed by atoms with Gasteiger partial charge in [0.1, 0.15) is 0 Å². The van der Waals surface area contributed by atoms with E-state index in [2.05, 4.69) is 9.97 Å². The van der Waals surface area contributed by atoms with E-state index in [0.29, 0.717) is 38.3 Å². The Kier molecular flexibility index (Phi) is 8.69. The predicted molar refractivity (Wildman–Crippen MR) is 126 cm³/mol. The molecule has 1 fully saturated rings. The summed E-state index contributed by atoms with van der Waals surface area (Å²) in [6.07, 6.45) is -1.28. The maximum Gasteiger partial charge on any atom is 0.418 e. The van der Waals surface area contributed by atoms with Crippen LogP contribution in [-0.4, -0.2) is 76.9 Å². The molecule has 3 heterocycles. The minimum atomic E-state index is -4.83. The van der Waals surface area contributed by atoms with Gasteiger partial charge in [0, 0.05) is 57.9 Å². The van der Waals surface area contributed by atoms with Crippen LogP contribution in [0.5, 0.6) is 0 Å². The van der Waals surface area contributed by atoms with E-state index in [-0.39, 0.29) is 36.8 Å². The molecule has 3 N–H and O–H groups in total. The van der Waals surface area contributed by atoms with E-state index in [1.54, 1.807) is 16.7 Å². The summed E-state index contributed by atoms with van der Waals surface area (Å²) in [4.78, 5) is 35.5. The van der Waals surface area contributed by atoms with Gasteiger partial charge in [-0.25, -0.2) is 18.7 Å². The van der Waals surface area contributed by atoms with Crippen LogP contribution in [0, 0.1) is 5.41 Å². The fourth-order valence-electron chi connectivity index (χ4n) is 4.04. The van der Waals surface area contributed by atoms with Crippen molar-refractivity contribution in [1.29, 1.82) is 5.41 Å². The number of hydrogen-bond donors (Lipinski definition) is 2. The van der Waals surface area contributed by atoms with Crippen LogP contribution in [0.2, 0.25) is 0 Å². The predicted octanol–water partition coefficient (Wildman–Crippen LogP) is 2.82. The molecule has 0 radical (unpaired) electrons. The molecule has 0 aliphatic carbocycles. The summed E-state index contributed by atoms with van der Waals surface area (Å²) in [7, 11) is 0. The van der Waals surface area contributed by atoms with Crippen LogP contribution in [0.25, 0.3) is 0 Å². The van der Waals surface area contributed by atoms with Crippen LogP contribution < -0.4 is 10.6 Å². The maximum atomic E-state index is 13.3. The fourth-order valence-corrected chi connectivity index (χ4v) is 4.04. The highest BCUT2D eigenvalue weighted by molar-refractivity contribution is 6.02. The topological polar surface area (TPSA) is 130 Å². The first-order chi connectivity index (χ1) is 17.7. The molecule has 1 aliphatic rings. The average Bonchev–Trinajstić information content (AvgIpc) is 3.27. The van der Waals surface area contributed by atoms with Gasteiger partial charge in [-0.15, -0.1) is 0 Å². The van der Waals surface area contributed by atoms with Gasteiger partial charge in [0.05, 0.1) is 48.1 Å².